The van der Waals surface area contributed by atoms with Crippen LogP contribution in [0.2, 0.25) is 0 Å². The van der Waals surface area contributed by atoms with Crippen LogP contribution in [0.25, 0.3) is 22.4 Å². The Labute approximate surface area is 97.6 Å². The van der Waals surface area contributed by atoms with Gasteiger partial charge >= 0.3 is 5.76 Å². The van der Waals surface area contributed by atoms with Gasteiger partial charge in [0.05, 0.1) is 11.1 Å². The first-order chi connectivity index (χ1) is 7.75. The Hall–Kier alpha value is -1.82. The third kappa shape index (κ3) is 1.30. The number of para-hydroxylation sites is 1. The number of H-pyrrole nitrogens is 2. The normalized spacial score (nSPS) is 11.1. The highest BCUT2D eigenvalue weighted by atomic mass is 79.9. The van der Waals surface area contributed by atoms with Gasteiger partial charge in [-0.2, -0.15) is 0 Å². The zero-order chi connectivity index (χ0) is 11.1. The van der Waals surface area contributed by atoms with Crippen LogP contribution in [0.3, 0.4) is 0 Å². The molecule has 0 radical (unpaired) electrons. The topological polar surface area (TPSA) is 74.7 Å². The largest absolute Gasteiger partial charge is 0.434 e. The van der Waals surface area contributed by atoms with Gasteiger partial charge in [-0.05, 0) is 22.0 Å². The zero-order valence-corrected chi connectivity index (χ0v) is 9.54. The molecule has 0 atom stereocenters. The number of aromatic amines is 2. The van der Waals surface area contributed by atoms with Gasteiger partial charge in [0.25, 0.3) is 5.89 Å². The van der Waals surface area contributed by atoms with Crippen LogP contribution in [-0.2, 0) is 0 Å². The molecule has 80 valence electrons. The number of aromatic nitrogens is 3. The molecule has 0 aliphatic heterocycles. The number of halogens is 1. The molecule has 2 heterocycles. The van der Waals surface area contributed by atoms with Crippen molar-refractivity contribution in [1.82, 2.24) is 15.2 Å². The molecule has 0 saturated carbocycles. The molecule has 0 amide bonds. The van der Waals surface area contributed by atoms with Crippen molar-refractivity contribution in [1.29, 1.82) is 0 Å². The molecule has 0 bridgehead atoms. The van der Waals surface area contributed by atoms with Crippen molar-refractivity contribution in [2.45, 2.75) is 0 Å². The Morgan fingerprint density at radius 1 is 1.38 bits per heavy atom. The Morgan fingerprint density at radius 3 is 3.00 bits per heavy atom. The summed E-state index contributed by atoms with van der Waals surface area (Å²) in [5.41, 5.74) is 1.71. The molecule has 16 heavy (non-hydrogen) atoms. The summed E-state index contributed by atoms with van der Waals surface area (Å²) < 4.78 is 5.87. The van der Waals surface area contributed by atoms with Crippen molar-refractivity contribution in [2.75, 3.05) is 0 Å². The molecule has 3 aromatic rings. The third-order valence-electron chi connectivity index (χ3n) is 2.33. The van der Waals surface area contributed by atoms with Gasteiger partial charge in [-0.25, -0.2) is 9.89 Å². The van der Waals surface area contributed by atoms with Gasteiger partial charge in [-0.15, -0.1) is 5.10 Å². The first kappa shape index (κ1) is 9.41. The van der Waals surface area contributed by atoms with Crippen molar-refractivity contribution in [3.05, 3.63) is 39.4 Å². The molecule has 3 rings (SSSR count). The van der Waals surface area contributed by atoms with Crippen LogP contribution in [0.4, 0.5) is 0 Å². The predicted octanol–water partition coefficient (Wildman–Crippen LogP) is 2.27. The second-order valence-corrected chi connectivity index (χ2v) is 4.14. The van der Waals surface area contributed by atoms with E-state index < -0.39 is 5.76 Å². The predicted molar refractivity (Wildman–Crippen MR) is 62.1 cm³/mol. The van der Waals surface area contributed by atoms with Crippen LogP contribution in [0.5, 0.6) is 0 Å². The number of hydrogen-bond acceptors (Lipinski definition) is 3. The number of benzene rings is 1. The molecule has 0 saturated heterocycles. The first-order valence-electron chi connectivity index (χ1n) is 4.57. The fraction of sp³-hybridized carbons (Fsp3) is 0. The quantitative estimate of drug-likeness (QED) is 0.718. The van der Waals surface area contributed by atoms with E-state index in [1.165, 1.54) is 0 Å². The lowest BCUT2D eigenvalue weighted by atomic mass is 10.2. The van der Waals surface area contributed by atoms with Gasteiger partial charge in [0.1, 0.15) is 0 Å². The van der Waals surface area contributed by atoms with Crippen LogP contribution < -0.4 is 5.76 Å². The Balaban J connectivity index is 2.33. The molecular formula is C10H6BrN3O2. The second kappa shape index (κ2) is 3.34. The van der Waals surface area contributed by atoms with E-state index in [1.54, 1.807) is 6.20 Å². The molecule has 2 N–H and O–H groups in total. The average Bonchev–Trinajstić information content (AvgIpc) is 2.84. The summed E-state index contributed by atoms with van der Waals surface area (Å²) in [4.78, 5) is 14.0. The van der Waals surface area contributed by atoms with Gasteiger partial charge in [-0.1, -0.05) is 12.1 Å². The molecular weight excluding hydrogens is 274 g/mol. The summed E-state index contributed by atoms with van der Waals surface area (Å²) >= 11 is 3.44. The Bertz CT molecular complexity index is 710. The lowest BCUT2D eigenvalue weighted by Crippen LogP contribution is -1.93. The van der Waals surface area contributed by atoms with Crippen LogP contribution in [-0.4, -0.2) is 15.2 Å². The minimum Gasteiger partial charge on any atom is -0.388 e. The van der Waals surface area contributed by atoms with Gasteiger partial charge in [0.15, 0.2) is 0 Å². The van der Waals surface area contributed by atoms with E-state index in [2.05, 4.69) is 31.1 Å². The maximum atomic E-state index is 10.9. The van der Waals surface area contributed by atoms with Crippen molar-refractivity contribution in [3.8, 4) is 11.5 Å². The minimum absolute atomic E-state index is 0.286. The molecule has 2 aromatic heterocycles. The monoisotopic (exact) mass is 279 g/mol. The highest BCUT2D eigenvalue weighted by Crippen LogP contribution is 2.30. The summed E-state index contributed by atoms with van der Waals surface area (Å²) in [7, 11) is 0. The number of nitrogens with one attached hydrogen (secondary N) is 2. The van der Waals surface area contributed by atoms with Crippen LogP contribution >= 0.6 is 15.9 Å². The fourth-order valence-electron chi connectivity index (χ4n) is 1.64. The molecule has 0 unspecified atom stereocenters. The zero-order valence-electron chi connectivity index (χ0n) is 7.95. The lowest BCUT2D eigenvalue weighted by molar-refractivity contribution is 0.527. The Morgan fingerprint density at radius 2 is 2.25 bits per heavy atom. The van der Waals surface area contributed by atoms with E-state index in [-0.39, 0.29) is 5.89 Å². The van der Waals surface area contributed by atoms with E-state index in [0.29, 0.717) is 0 Å². The molecule has 0 fully saturated rings. The summed E-state index contributed by atoms with van der Waals surface area (Å²) in [6.45, 7) is 0. The summed E-state index contributed by atoms with van der Waals surface area (Å²) in [6.07, 6.45) is 1.76. The Kier molecular flexibility index (Phi) is 1.97. The molecule has 1 aromatic carbocycles. The SMILES string of the molecule is O=c1[nH]nc(-c2c[nH]c3c(Br)cccc23)o1. The summed E-state index contributed by atoms with van der Waals surface area (Å²) in [6, 6.07) is 5.78. The molecule has 0 spiro atoms. The minimum atomic E-state index is -0.556. The third-order valence-corrected chi connectivity index (χ3v) is 2.99. The average molecular weight is 280 g/mol. The fourth-order valence-corrected chi connectivity index (χ4v) is 2.12. The van der Waals surface area contributed by atoms with Crippen molar-refractivity contribution in [2.24, 2.45) is 0 Å². The highest BCUT2D eigenvalue weighted by molar-refractivity contribution is 9.10. The smallest absolute Gasteiger partial charge is 0.388 e. The second-order valence-electron chi connectivity index (χ2n) is 3.28. The molecule has 0 aliphatic rings. The van der Waals surface area contributed by atoms with E-state index >= 15 is 0 Å². The van der Waals surface area contributed by atoms with Crippen LogP contribution in [0.1, 0.15) is 0 Å². The number of rotatable bonds is 1. The molecule has 6 heteroatoms. The summed E-state index contributed by atoms with van der Waals surface area (Å²) in [5, 5.41) is 6.99. The van der Waals surface area contributed by atoms with E-state index in [0.717, 1.165) is 20.9 Å². The number of nitrogens with zero attached hydrogens (tertiary/aromatic N) is 1. The maximum absolute atomic E-state index is 10.9. The lowest BCUT2D eigenvalue weighted by Gasteiger charge is -1.94. The van der Waals surface area contributed by atoms with Gasteiger partial charge in [-0.3, -0.25) is 0 Å². The number of hydrogen-bond donors (Lipinski definition) is 2. The summed E-state index contributed by atoms with van der Waals surface area (Å²) in [5.74, 6) is -0.270. The number of fused-ring (bicyclic) bond motifs is 1. The van der Waals surface area contributed by atoms with E-state index in [1.807, 2.05) is 18.2 Å². The van der Waals surface area contributed by atoms with E-state index in [9.17, 15) is 4.79 Å². The van der Waals surface area contributed by atoms with Crippen LogP contribution in [0.15, 0.2) is 38.1 Å². The van der Waals surface area contributed by atoms with Crippen molar-refractivity contribution < 1.29 is 4.42 Å². The van der Waals surface area contributed by atoms with Gasteiger partial charge in [0, 0.05) is 16.1 Å². The maximum Gasteiger partial charge on any atom is 0.434 e. The first-order valence-corrected chi connectivity index (χ1v) is 5.36. The molecule has 5 nitrogen and oxygen atoms in total. The van der Waals surface area contributed by atoms with Gasteiger partial charge < -0.3 is 9.40 Å². The van der Waals surface area contributed by atoms with E-state index in [4.69, 9.17) is 4.42 Å². The van der Waals surface area contributed by atoms with Gasteiger partial charge in [0.2, 0.25) is 0 Å². The molecule has 0 aliphatic carbocycles. The standard InChI is InChI=1S/C10H6BrN3O2/c11-7-3-1-2-5-6(4-12-8(5)7)9-13-14-10(15)16-9/h1-4,12H,(H,14,15). The highest BCUT2D eigenvalue weighted by Gasteiger charge is 2.12. The van der Waals surface area contributed by atoms with Crippen molar-refractivity contribution >= 4 is 26.8 Å². The van der Waals surface area contributed by atoms with Crippen molar-refractivity contribution in [3.63, 3.8) is 0 Å². The van der Waals surface area contributed by atoms with Crippen LogP contribution in [0, 0.1) is 0 Å².